The van der Waals surface area contributed by atoms with E-state index in [9.17, 15) is 9.90 Å². The highest BCUT2D eigenvalue weighted by molar-refractivity contribution is 5.87. The van der Waals surface area contributed by atoms with Crippen LogP contribution in [-0.2, 0) is 5.60 Å². The first kappa shape index (κ1) is 12.7. The molecule has 3 saturated carbocycles. The lowest BCUT2D eigenvalue weighted by Gasteiger charge is -2.58. The predicted octanol–water partition coefficient (Wildman–Crippen LogP) is 3.03. The number of benzene rings is 1. The lowest BCUT2D eigenvalue weighted by molar-refractivity contribution is -0.203. The second-order valence-corrected chi connectivity index (χ2v) is 6.40. The summed E-state index contributed by atoms with van der Waals surface area (Å²) in [5, 5.41) is 20.1. The van der Waals surface area contributed by atoms with Gasteiger partial charge < -0.3 is 10.2 Å². The van der Waals surface area contributed by atoms with Gasteiger partial charge in [-0.15, -0.1) is 0 Å². The fourth-order valence-corrected chi connectivity index (χ4v) is 4.41. The Morgan fingerprint density at radius 2 is 1.95 bits per heavy atom. The Morgan fingerprint density at radius 1 is 1.32 bits per heavy atom. The number of fused-ring (bicyclic) bond motifs is 1. The van der Waals surface area contributed by atoms with Crippen LogP contribution in [0.1, 0.15) is 49.0 Å². The van der Waals surface area contributed by atoms with Gasteiger partial charge in [-0.3, -0.25) is 0 Å². The number of carbonyl (C=O) groups is 1. The third-order valence-electron chi connectivity index (χ3n) is 5.58. The Hall–Kier alpha value is -1.35. The molecule has 1 aromatic rings. The summed E-state index contributed by atoms with van der Waals surface area (Å²) in [7, 11) is 0. The van der Waals surface area contributed by atoms with E-state index in [0.29, 0.717) is 11.8 Å². The molecule has 3 heteroatoms. The van der Waals surface area contributed by atoms with Gasteiger partial charge in [0.1, 0.15) is 0 Å². The van der Waals surface area contributed by atoms with Crippen LogP contribution in [0.4, 0.5) is 0 Å². The van der Waals surface area contributed by atoms with Crippen LogP contribution >= 0.6 is 0 Å². The van der Waals surface area contributed by atoms with Crippen molar-refractivity contribution in [3.05, 3.63) is 35.4 Å². The first-order valence-electron chi connectivity index (χ1n) is 6.98. The summed E-state index contributed by atoms with van der Waals surface area (Å²) in [6.07, 6.45) is 3.25. The Bertz CT molecular complexity index is 515. The first-order chi connectivity index (χ1) is 8.92. The van der Waals surface area contributed by atoms with Crippen LogP contribution in [0.2, 0.25) is 0 Å². The fourth-order valence-electron chi connectivity index (χ4n) is 4.41. The summed E-state index contributed by atoms with van der Waals surface area (Å²) in [5.41, 5.74) is 0.401. The Balaban J connectivity index is 2.00. The van der Waals surface area contributed by atoms with Crippen molar-refractivity contribution in [2.45, 2.75) is 38.7 Å². The van der Waals surface area contributed by atoms with Crippen molar-refractivity contribution in [1.82, 2.24) is 0 Å². The molecule has 1 aromatic carbocycles. The van der Waals surface area contributed by atoms with E-state index in [1.54, 1.807) is 24.3 Å². The van der Waals surface area contributed by atoms with Gasteiger partial charge in [-0.25, -0.2) is 4.79 Å². The third-order valence-corrected chi connectivity index (χ3v) is 5.58. The molecule has 3 nitrogen and oxygen atoms in total. The maximum Gasteiger partial charge on any atom is 0.335 e. The molecule has 0 heterocycles. The molecule has 0 spiro atoms. The van der Waals surface area contributed by atoms with Gasteiger partial charge >= 0.3 is 5.97 Å². The van der Waals surface area contributed by atoms with Gasteiger partial charge in [0.25, 0.3) is 0 Å². The van der Waals surface area contributed by atoms with Gasteiger partial charge in [0.05, 0.1) is 11.2 Å². The summed E-state index contributed by atoms with van der Waals surface area (Å²) in [5.74, 6) is -0.144. The summed E-state index contributed by atoms with van der Waals surface area (Å²) in [6, 6.07) is 6.78. The molecule has 0 saturated heterocycles. The molecule has 102 valence electrons. The Kier molecular flexibility index (Phi) is 2.55. The minimum absolute atomic E-state index is 0.0115. The van der Waals surface area contributed by atoms with Crippen LogP contribution in [0, 0.1) is 17.3 Å². The molecule has 3 fully saturated rings. The monoisotopic (exact) mass is 260 g/mol. The Labute approximate surface area is 113 Å². The molecule has 3 atom stereocenters. The molecule has 0 unspecified atom stereocenters. The maximum atomic E-state index is 11.2. The largest absolute Gasteiger partial charge is 0.478 e. The highest BCUT2D eigenvalue weighted by Crippen LogP contribution is 2.72. The van der Waals surface area contributed by atoms with Crippen LogP contribution < -0.4 is 0 Å². The normalized spacial score (nSPS) is 36.3. The van der Waals surface area contributed by atoms with Crippen LogP contribution in [-0.4, -0.2) is 16.2 Å². The number of aliphatic hydroxyl groups is 1. The zero-order valence-electron chi connectivity index (χ0n) is 11.4. The highest BCUT2D eigenvalue weighted by atomic mass is 16.4. The molecule has 0 amide bonds. The average Bonchev–Trinajstić information content (AvgIpc) is 2.96. The number of aromatic carboxylic acids is 1. The van der Waals surface area contributed by atoms with E-state index in [-0.39, 0.29) is 11.0 Å². The lowest BCUT2D eigenvalue weighted by atomic mass is 9.50. The predicted molar refractivity (Wildman–Crippen MR) is 71.9 cm³/mol. The number of carboxylic acids is 1. The molecule has 4 rings (SSSR count). The molecule has 2 N–H and O–H groups in total. The van der Waals surface area contributed by atoms with E-state index < -0.39 is 11.6 Å². The summed E-state index contributed by atoms with van der Waals surface area (Å²) in [4.78, 5) is 10.9. The Morgan fingerprint density at radius 3 is 2.42 bits per heavy atom. The molecule has 0 radical (unpaired) electrons. The van der Waals surface area contributed by atoms with E-state index >= 15 is 0 Å². The molecule has 0 aliphatic heterocycles. The van der Waals surface area contributed by atoms with Gasteiger partial charge in [0.15, 0.2) is 0 Å². The van der Waals surface area contributed by atoms with E-state index in [2.05, 4.69) is 13.8 Å². The average molecular weight is 260 g/mol. The molecule has 3 aliphatic rings. The lowest BCUT2D eigenvalue weighted by Crippen LogP contribution is -2.58. The molecular formula is C16H20O3. The third kappa shape index (κ3) is 1.39. The van der Waals surface area contributed by atoms with Crippen molar-refractivity contribution >= 4 is 5.97 Å². The second-order valence-electron chi connectivity index (χ2n) is 6.40. The van der Waals surface area contributed by atoms with Crippen molar-refractivity contribution in [2.75, 3.05) is 0 Å². The van der Waals surface area contributed by atoms with Gasteiger partial charge in [-0.2, -0.15) is 0 Å². The number of carboxylic acid groups (broad SMARTS) is 1. The van der Waals surface area contributed by atoms with Crippen molar-refractivity contribution in [3.63, 3.8) is 0 Å². The molecule has 3 aliphatic carbocycles. The summed E-state index contributed by atoms with van der Waals surface area (Å²) in [6.45, 7) is 4.36. The van der Waals surface area contributed by atoms with Crippen LogP contribution in [0.15, 0.2) is 24.3 Å². The number of hydrogen-bond acceptors (Lipinski definition) is 2. The quantitative estimate of drug-likeness (QED) is 0.878. The minimum Gasteiger partial charge on any atom is -0.478 e. The molecular weight excluding hydrogens is 240 g/mol. The van der Waals surface area contributed by atoms with E-state index in [4.69, 9.17) is 5.11 Å². The van der Waals surface area contributed by atoms with Gasteiger partial charge in [0.2, 0.25) is 0 Å². The van der Waals surface area contributed by atoms with Gasteiger partial charge in [-0.05, 0) is 48.8 Å². The first-order valence-corrected chi connectivity index (χ1v) is 6.98. The smallest absolute Gasteiger partial charge is 0.335 e. The number of rotatable bonds is 3. The van der Waals surface area contributed by atoms with Crippen molar-refractivity contribution in [2.24, 2.45) is 17.3 Å². The van der Waals surface area contributed by atoms with Crippen molar-refractivity contribution in [3.8, 4) is 0 Å². The van der Waals surface area contributed by atoms with Crippen molar-refractivity contribution in [1.29, 1.82) is 0 Å². The zero-order valence-corrected chi connectivity index (χ0v) is 11.4. The number of hydrogen-bond donors (Lipinski definition) is 2. The fraction of sp³-hybridized carbons (Fsp3) is 0.562. The van der Waals surface area contributed by atoms with Crippen LogP contribution in [0.25, 0.3) is 0 Å². The van der Waals surface area contributed by atoms with Crippen molar-refractivity contribution < 1.29 is 15.0 Å². The highest BCUT2D eigenvalue weighted by Gasteiger charge is 2.70. The molecule has 2 bridgehead atoms. The standard InChI is InChI=1S/C16H20O3/c1-10(2)15-8-7-13(9-15)16(15,19)12-5-3-11(4-6-12)14(17)18/h3-6,10,13,19H,7-9H2,1-2H3,(H,17,18)/t13-,15-,16+/m1/s1. The molecule has 19 heavy (non-hydrogen) atoms. The molecule has 0 aromatic heterocycles. The minimum atomic E-state index is -0.923. The zero-order chi connectivity index (χ0) is 13.8. The summed E-state index contributed by atoms with van der Waals surface area (Å²) < 4.78 is 0. The topological polar surface area (TPSA) is 57.5 Å². The van der Waals surface area contributed by atoms with E-state index in [1.807, 2.05) is 0 Å². The van der Waals surface area contributed by atoms with Gasteiger partial charge in [0, 0.05) is 5.41 Å². The second kappa shape index (κ2) is 3.83. The van der Waals surface area contributed by atoms with Crippen LogP contribution in [0.3, 0.4) is 0 Å². The van der Waals surface area contributed by atoms with Crippen LogP contribution in [0.5, 0.6) is 0 Å². The van der Waals surface area contributed by atoms with E-state index in [0.717, 1.165) is 24.8 Å². The SMILES string of the molecule is CC(C)[C@@]12CC[C@H](C1)[C@@]2(O)c1ccc(C(=O)O)cc1. The van der Waals surface area contributed by atoms with E-state index in [1.165, 1.54) is 0 Å². The van der Waals surface area contributed by atoms with Gasteiger partial charge in [-0.1, -0.05) is 26.0 Å². The maximum absolute atomic E-state index is 11.2. The summed E-state index contributed by atoms with van der Waals surface area (Å²) >= 11 is 0.